The lowest BCUT2D eigenvalue weighted by molar-refractivity contribution is 0.141. The second-order valence-corrected chi connectivity index (χ2v) is 2.43. The standard InChI is InChI=1S/C8H7F2N3O/c1-14-7-5(12)2-4(3-11)13-6(7)8(9)10/h2,8H,1H3,(H2,12,13). The zero-order chi connectivity index (χ0) is 10.7. The van der Waals surface area contributed by atoms with E-state index in [0.29, 0.717) is 0 Å². The minimum absolute atomic E-state index is 0.0191. The Morgan fingerprint density at radius 1 is 1.64 bits per heavy atom. The molecule has 6 heteroatoms. The molecular weight excluding hydrogens is 192 g/mol. The number of halogens is 2. The minimum Gasteiger partial charge on any atom is -0.492 e. The zero-order valence-corrected chi connectivity index (χ0v) is 7.29. The molecule has 0 fully saturated rings. The van der Waals surface area contributed by atoms with Crippen LogP contribution in [0.2, 0.25) is 0 Å². The van der Waals surface area contributed by atoms with Gasteiger partial charge in [0.1, 0.15) is 11.8 Å². The summed E-state index contributed by atoms with van der Waals surface area (Å²) in [7, 11) is 1.21. The molecular formula is C8H7F2N3O. The van der Waals surface area contributed by atoms with Crippen molar-refractivity contribution in [3.05, 3.63) is 17.5 Å². The van der Waals surface area contributed by atoms with E-state index in [4.69, 9.17) is 11.0 Å². The van der Waals surface area contributed by atoms with E-state index in [1.165, 1.54) is 13.2 Å². The van der Waals surface area contributed by atoms with Crippen molar-refractivity contribution in [1.82, 2.24) is 4.98 Å². The molecule has 14 heavy (non-hydrogen) atoms. The Bertz CT molecular complexity index is 387. The molecule has 2 N–H and O–H groups in total. The van der Waals surface area contributed by atoms with E-state index in [0.717, 1.165) is 0 Å². The molecule has 1 aromatic rings. The third-order valence-corrected chi connectivity index (χ3v) is 1.55. The van der Waals surface area contributed by atoms with Gasteiger partial charge in [-0.15, -0.1) is 0 Å². The lowest BCUT2D eigenvalue weighted by Crippen LogP contribution is -2.02. The molecule has 1 heterocycles. The number of hydrogen-bond donors (Lipinski definition) is 1. The molecule has 74 valence electrons. The number of aromatic nitrogens is 1. The second-order valence-electron chi connectivity index (χ2n) is 2.43. The van der Waals surface area contributed by atoms with Crippen LogP contribution < -0.4 is 10.5 Å². The number of hydrogen-bond acceptors (Lipinski definition) is 4. The van der Waals surface area contributed by atoms with E-state index in [2.05, 4.69) is 9.72 Å². The monoisotopic (exact) mass is 199 g/mol. The van der Waals surface area contributed by atoms with Crippen LogP contribution in [0.1, 0.15) is 17.8 Å². The molecule has 1 rings (SSSR count). The summed E-state index contributed by atoms with van der Waals surface area (Å²) in [6, 6.07) is 2.82. The molecule has 0 aliphatic heterocycles. The molecule has 0 bridgehead atoms. The summed E-state index contributed by atoms with van der Waals surface area (Å²) in [5.41, 5.74) is 4.62. The van der Waals surface area contributed by atoms with Crippen molar-refractivity contribution in [3.8, 4) is 11.8 Å². The first-order chi connectivity index (χ1) is 6.60. The third-order valence-electron chi connectivity index (χ3n) is 1.55. The van der Waals surface area contributed by atoms with E-state index in [1.807, 2.05) is 0 Å². The minimum atomic E-state index is -2.82. The lowest BCUT2D eigenvalue weighted by atomic mass is 10.2. The molecule has 0 aliphatic rings. The molecule has 0 amide bonds. The average molecular weight is 199 g/mol. The normalized spacial score (nSPS) is 9.93. The predicted molar refractivity (Wildman–Crippen MR) is 44.9 cm³/mol. The summed E-state index contributed by atoms with van der Waals surface area (Å²) in [6.45, 7) is 0. The fraction of sp³-hybridized carbons (Fsp3) is 0.250. The highest BCUT2D eigenvalue weighted by Gasteiger charge is 2.19. The molecule has 0 unspecified atom stereocenters. The first kappa shape index (κ1) is 10.2. The van der Waals surface area contributed by atoms with Gasteiger partial charge in [0.25, 0.3) is 6.43 Å². The van der Waals surface area contributed by atoms with Crippen molar-refractivity contribution in [2.24, 2.45) is 0 Å². The van der Waals surface area contributed by atoms with Gasteiger partial charge in [-0.3, -0.25) is 0 Å². The Labute approximate surface area is 78.9 Å². The molecule has 0 saturated carbocycles. The van der Waals surface area contributed by atoms with E-state index in [1.54, 1.807) is 6.07 Å². The number of ether oxygens (including phenoxy) is 1. The second kappa shape index (κ2) is 3.87. The highest BCUT2D eigenvalue weighted by Crippen LogP contribution is 2.32. The maximum Gasteiger partial charge on any atom is 0.284 e. The van der Waals surface area contributed by atoms with Gasteiger partial charge in [-0.25, -0.2) is 13.8 Å². The predicted octanol–water partition coefficient (Wildman–Crippen LogP) is 1.48. The first-order valence-electron chi connectivity index (χ1n) is 3.62. The summed E-state index contributed by atoms with van der Waals surface area (Å²) >= 11 is 0. The summed E-state index contributed by atoms with van der Waals surface area (Å²) in [5.74, 6) is -0.181. The molecule has 0 aromatic carbocycles. The average Bonchev–Trinajstić information content (AvgIpc) is 2.16. The van der Waals surface area contributed by atoms with Gasteiger partial charge in [0.15, 0.2) is 11.4 Å². The van der Waals surface area contributed by atoms with E-state index >= 15 is 0 Å². The zero-order valence-electron chi connectivity index (χ0n) is 7.29. The van der Waals surface area contributed by atoms with Gasteiger partial charge in [-0.2, -0.15) is 5.26 Å². The Kier molecular flexibility index (Phi) is 2.82. The molecule has 4 nitrogen and oxygen atoms in total. The van der Waals surface area contributed by atoms with E-state index in [-0.39, 0.29) is 17.1 Å². The smallest absolute Gasteiger partial charge is 0.284 e. The molecule has 0 aliphatic carbocycles. The van der Waals surface area contributed by atoms with Crippen LogP contribution in [-0.4, -0.2) is 12.1 Å². The van der Waals surface area contributed by atoms with Crippen LogP contribution >= 0.6 is 0 Å². The number of methoxy groups -OCH3 is 1. The fourth-order valence-electron chi connectivity index (χ4n) is 1.00. The van der Waals surface area contributed by atoms with E-state index < -0.39 is 12.1 Å². The summed E-state index contributed by atoms with van der Waals surface area (Å²) in [6.07, 6.45) is -2.82. The van der Waals surface area contributed by atoms with Gasteiger partial charge in [0.05, 0.1) is 12.8 Å². The summed E-state index contributed by atoms with van der Waals surface area (Å²) < 4.78 is 29.5. The van der Waals surface area contributed by atoms with Gasteiger partial charge < -0.3 is 10.5 Å². The van der Waals surface area contributed by atoms with Crippen molar-refractivity contribution in [1.29, 1.82) is 5.26 Å². The first-order valence-corrected chi connectivity index (χ1v) is 3.62. The van der Waals surface area contributed by atoms with Crippen molar-refractivity contribution in [3.63, 3.8) is 0 Å². The van der Waals surface area contributed by atoms with Crippen LogP contribution in [0.25, 0.3) is 0 Å². The Morgan fingerprint density at radius 2 is 2.29 bits per heavy atom. The van der Waals surface area contributed by atoms with Crippen LogP contribution in [0.5, 0.6) is 5.75 Å². The maximum absolute atomic E-state index is 12.4. The van der Waals surface area contributed by atoms with Crippen LogP contribution in [0, 0.1) is 11.3 Å². The Morgan fingerprint density at radius 3 is 2.71 bits per heavy atom. The molecule has 0 saturated heterocycles. The van der Waals surface area contributed by atoms with Crippen molar-refractivity contribution < 1.29 is 13.5 Å². The van der Waals surface area contributed by atoms with E-state index in [9.17, 15) is 8.78 Å². The number of anilines is 1. The van der Waals surface area contributed by atoms with Gasteiger partial charge in [-0.1, -0.05) is 0 Å². The van der Waals surface area contributed by atoms with Gasteiger partial charge >= 0.3 is 0 Å². The number of nitriles is 1. The Hall–Kier alpha value is -1.90. The fourth-order valence-corrected chi connectivity index (χ4v) is 1.00. The number of nitrogens with zero attached hydrogens (tertiary/aromatic N) is 2. The van der Waals surface area contributed by atoms with Crippen LogP contribution in [0.3, 0.4) is 0 Å². The highest BCUT2D eigenvalue weighted by atomic mass is 19.3. The number of nitrogens with two attached hydrogens (primary N) is 1. The summed E-state index contributed by atoms with van der Waals surface area (Å²) in [4.78, 5) is 3.41. The Balaban J connectivity index is 3.37. The number of rotatable bonds is 2. The quantitative estimate of drug-likeness (QED) is 0.782. The third kappa shape index (κ3) is 1.71. The molecule has 1 aromatic heterocycles. The van der Waals surface area contributed by atoms with Crippen LogP contribution in [-0.2, 0) is 0 Å². The van der Waals surface area contributed by atoms with Gasteiger partial charge in [-0.05, 0) is 0 Å². The van der Waals surface area contributed by atoms with Gasteiger partial charge in [0.2, 0.25) is 0 Å². The number of nitrogen functional groups attached to an aromatic ring is 1. The topological polar surface area (TPSA) is 71.9 Å². The van der Waals surface area contributed by atoms with Crippen LogP contribution in [0.15, 0.2) is 6.07 Å². The molecule has 0 atom stereocenters. The van der Waals surface area contributed by atoms with Crippen molar-refractivity contribution >= 4 is 5.69 Å². The number of pyridine rings is 1. The van der Waals surface area contributed by atoms with Crippen LogP contribution in [0.4, 0.5) is 14.5 Å². The summed E-state index contributed by atoms with van der Waals surface area (Å²) in [5, 5.41) is 8.48. The highest BCUT2D eigenvalue weighted by molar-refractivity contribution is 5.57. The molecule has 0 radical (unpaired) electrons. The van der Waals surface area contributed by atoms with Gasteiger partial charge in [0, 0.05) is 6.07 Å². The SMILES string of the molecule is COc1c(N)cc(C#N)nc1C(F)F. The number of alkyl halides is 2. The molecule has 0 spiro atoms. The lowest BCUT2D eigenvalue weighted by Gasteiger charge is -2.09. The van der Waals surface area contributed by atoms with Crippen molar-refractivity contribution in [2.75, 3.05) is 12.8 Å². The van der Waals surface area contributed by atoms with Crippen molar-refractivity contribution in [2.45, 2.75) is 6.43 Å². The maximum atomic E-state index is 12.4. The largest absolute Gasteiger partial charge is 0.492 e.